The van der Waals surface area contributed by atoms with Crippen molar-refractivity contribution in [2.45, 2.75) is 25.6 Å². The molecule has 1 aromatic rings. The predicted octanol–water partition coefficient (Wildman–Crippen LogP) is 3.40. The minimum absolute atomic E-state index is 0.0964. The van der Waals surface area contributed by atoms with Gasteiger partial charge in [-0.2, -0.15) is 13.2 Å². The van der Waals surface area contributed by atoms with Gasteiger partial charge in [-0.3, -0.25) is 4.79 Å². The summed E-state index contributed by atoms with van der Waals surface area (Å²) >= 11 is 0. The standard InChI is InChI=1S/C14H16F3NO/c1-9-8-11(9)13(19)18(2)12(14(15,16)17)10-6-4-3-5-7-10/h3-7,9,11-12H,8H2,1-2H3/t9-,11-,12-/m1/s1. The van der Waals surface area contributed by atoms with Crippen molar-refractivity contribution in [3.8, 4) is 0 Å². The molecule has 0 aliphatic heterocycles. The highest BCUT2D eigenvalue weighted by atomic mass is 19.4. The highest BCUT2D eigenvalue weighted by molar-refractivity contribution is 5.81. The van der Waals surface area contributed by atoms with Gasteiger partial charge in [0.25, 0.3) is 0 Å². The average Bonchev–Trinajstić information content (AvgIpc) is 3.05. The highest BCUT2D eigenvalue weighted by Crippen LogP contribution is 2.43. The molecule has 3 atom stereocenters. The molecule has 1 aliphatic carbocycles. The van der Waals surface area contributed by atoms with E-state index >= 15 is 0 Å². The van der Waals surface area contributed by atoms with Gasteiger partial charge in [-0.1, -0.05) is 37.3 Å². The van der Waals surface area contributed by atoms with E-state index < -0.39 is 18.1 Å². The molecule has 1 aromatic carbocycles. The number of carbonyl (C=O) groups is 1. The monoisotopic (exact) mass is 271 g/mol. The number of nitrogens with zero attached hydrogens (tertiary/aromatic N) is 1. The minimum atomic E-state index is -4.47. The van der Waals surface area contributed by atoms with Gasteiger partial charge in [-0.05, 0) is 17.9 Å². The molecule has 0 bridgehead atoms. The van der Waals surface area contributed by atoms with E-state index in [0.29, 0.717) is 6.42 Å². The van der Waals surface area contributed by atoms with Gasteiger partial charge in [0.15, 0.2) is 6.04 Å². The number of benzene rings is 1. The van der Waals surface area contributed by atoms with Crippen molar-refractivity contribution in [2.24, 2.45) is 11.8 Å². The van der Waals surface area contributed by atoms with E-state index in [2.05, 4.69) is 0 Å². The molecule has 0 spiro atoms. The van der Waals surface area contributed by atoms with Gasteiger partial charge in [0.05, 0.1) is 0 Å². The van der Waals surface area contributed by atoms with Crippen LogP contribution in [0.4, 0.5) is 13.2 Å². The molecule has 0 N–H and O–H groups in total. The summed E-state index contributed by atoms with van der Waals surface area (Å²) in [6.07, 6.45) is -3.79. The zero-order chi connectivity index (χ0) is 14.2. The van der Waals surface area contributed by atoms with Gasteiger partial charge in [0, 0.05) is 13.0 Å². The normalized spacial score (nSPS) is 23.8. The molecule has 1 fully saturated rings. The zero-order valence-corrected chi connectivity index (χ0v) is 10.8. The molecule has 0 radical (unpaired) electrons. The first-order valence-corrected chi connectivity index (χ1v) is 6.20. The fourth-order valence-corrected chi connectivity index (χ4v) is 2.32. The zero-order valence-electron chi connectivity index (χ0n) is 10.8. The van der Waals surface area contributed by atoms with Crippen LogP contribution in [0.25, 0.3) is 0 Å². The number of halogens is 3. The lowest BCUT2D eigenvalue weighted by Gasteiger charge is -2.30. The van der Waals surface area contributed by atoms with Crippen molar-refractivity contribution in [3.63, 3.8) is 0 Å². The van der Waals surface area contributed by atoms with E-state index in [9.17, 15) is 18.0 Å². The van der Waals surface area contributed by atoms with Crippen molar-refractivity contribution < 1.29 is 18.0 Å². The summed E-state index contributed by atoms with van der Waals surface area (Å²) in [6.45, 7) is 1.88. The molecule has 0 saturated heterocycles. The molecule has 1 saturated carbocycles. The molecule has 1 aliphatic rings. The topological polar surface area (TPSA) is 20.3 Å². The number of hydrogen-bond donors (Lipinski definition) is 0. The molecular weight excluding hydrogens is 255 g/mol. The summed E-state index contributed by atoms with van der Waals surface area (Å²) in [5.74, 6) is -0.475. The van der Waals surface area contributed by atoms with Crippen molar-refractivity contribution in [2.75, 3.05) is 7.05 Å². The maximum Gasteiger partial charge on any atom is 0.413 e. The lowest BCUT2D eigenvalue weighted by molar-refractivity contribution is -0.189. The fourth-order valence-electron chi connectivity index (χ4n) is 2.32. The van der Waals surface area contributed by atoms with Gasteiger partial charge in [0.2, 0.25) is 5.91 Å². The second kappa shape index (κ2) is 4.87. The lowest BCUT2D eigenvalue weighted by Crippen LogP contribution is -2.40. The van der Waals surface area contributed by atoms with Gasteiger partial charge >= 0.3 is 6.18 Å². The molecule has 0 aromatic heterocycles. The van der Waals surface area contributed by atoms with Gasteiger partial charge in [0.1, 0.15) is 0 Å². The van der Waals surface area contributed by atoms with Gasteiger partial charge in [-0.25, -0.2) is 0 Å². The highest BCUT2D eigenvalue weighted by Gasteiger charge is 2.49. The Labute approximate surface area is 110 Å². The molecule has 0 heterocycles. The van der Waals surface area contributed by atoms with E-state index in [0.717, 1.165) is 4.90 Å². The Bertz CT molecular complexity index is 458. The minimum Gasteiger partial charge on any atom is -0.330 e. The number of alkyl halides is 3. The second-order valence-corrected chi connectivity index (χ2v) is 5.12. The van der Waals surface area contributed by atoms with Crippen LogP contribution in [-0.4, -0.2) is 24.0 Å². The maximum atomic E-state index is 13.2. The van der Waals surface area contributed by atoms with E-state index in [1.54, 1.807) is 18.2 Å². The molecule has 1 amide bonds. The smallest absolute Gasteiger partial charge is 0.330 e. The summed E-state index contributed by atoms with van der Waals surface area (Å²) in [5.41, 5.74) is 0.0964. The molecule has 104 valence electrons. The van der Waals surface area contributed by atoms with Crippen LogP contribution in [0.3, 0.4) is 0 Å². The molecule has 0 unspecified atom stereocenters. The molecular formula is C14H16F3NO. The second-order valence-electron chi connectivity index (χ2n) is 5.12. The third kappa shape index (κ3) is 2.91. The van der Waals surface area contributed by atoms with Gasteiger partial charge < -0.3 is 4.90 Å². The lowest BCUT2D eigenvalue weighted by atomic mass is 10.0. The first kappa shape index (κ1) is 13.9. The predicted molar refractivity (Wildman–Crippen MR) is 65.3 cm³/mol. The molecule has 2 nitrogen and oxygen atoms in total. The van der Waals surface area contributed by atoms with Crippen molar-refractivity contribution >= 4 is 5.91 Å². The molecule has 19 heavy (non-hydrogen) atoms. The van der Waals surface area contributed by atoms with E-state index in [1.165, 1.54) is 19.2 Å². The van der Waals surface area contributed by atoms with Crippen LogP contribution in [0.2, 0.25) is 0 Å². The molecule has 2 rings (SSSR count). The summed E-state index contributed by atoms with van der Waals surface area (Å²) < 4.78 is 39.6. The summed E-state index contributed by atoms with van der Waals surface area (Å²) in [4.78, 5) is 12.8. The largest absolute Gasteiger partial charge is 0.413 e. The van der Waals surface area contributed by atoms with Crippen LogP contribution < -0.4 is 0 Å². The van der Waals surface area contributed by atoms with Crippen molar-refractivity contribution in [1.82, 2.24) is 4.90 Å². The van der Waals surface area contributed by atoms with Crippen LogP contribution in [0.15, 0.2) is 30.3 Å². The first-order chi connectivity index (χ1) is 8.82. The van der Waals surface area contributed by atoms with Crippen molar-refractivity contribution in [3.05, 3.63) is 35.9 Å². The van der Waals surface area contributed by atoms with Crippen LogP contribution in [0.5, 0.6) is 0 Å². The Balaban J connectivity index is 2.26. The number of carbonyl (C=O) groups excluding carboxylic acids is 1. The Morgan fingerprint density at radius 2 is 1.84 bits per heavy atom. The Morgan fingerprint density at radius 3 is 2.26 bits per heavy atom. The SMILES string of the molecule is C[C@@H]1C[C@H]1C(=O)N(C)[C@H](c1ccccc1)C(F)(F)F. The first-order valence-electron chi connectivity index (χ1n) is 6.20. The Kier molecular flexibility index (Phi) is 3.56. The Morgan fingerprint density at radius 1 is 1.32 bits per heavy atom. The van der Waals surface area contributed by atoms with Crippen LogP contribution in [-0.2, 0) is 4.79 Å². The number of rotatable bonds is 3. The number of hydrogen-bond acceptors (Lipinski definition) is 1. The molecule has 5 heteroatoms. The fraction of sp³-hybridized carbons (Fsp3) is 0.500. The van der Waals surface area contributed by atoms with Crippen LogP contribution >= 0.6 is 0 Å². The van der Waals surface area contributed by atoms with E-state index in [4.69, 9.17) is 0 Å². The average molecular weight is 271 g/mol. The van der Waals surface area contributed by atoms with E-state index in [-0.39, 0.29) is 17.4 Å². The summed E-state index contributed by atoms with van der Waals surface area (Å²) in [7, 11) is 1.23. The quantitative estimate of drug-likeness (QED) is 0.825. The third-order valence-corrected chi connectivity index (χ3v) is 3.59. The maximum absolute atomic E-state index is 13.2. The Hall–Kier alpha value is -1.52. The van der Waals surface area contributed by atoms with Crippen LogP contribution in [0.1, 0.15) is 24.9 Å². The van der Waals surface area contributed by atoms with Crippen molar-refractivity contribution in [1.29, 1.82) is 0 Å². The van der Waals surface area contributed by atoms with Gasteiger partial charge in [-0.15, -0.1) is 0 Å². The number of amides is 1. The summed E-state index contributed by atoms with van der Waals surface area (Å²) in [6, 6.07) is 5.69. The van der Waals surface area contributed by atoms with Crippen LogP contribution in [0, 0.1) is 11.8 Å². The summed E-state index contributed by atoms with van der Waals surface area (Å²) in [5, 5.41) is 0. The van der Waals surface area contributed by atoms with E-state index in [1.807, 2.05) is 6.92 Å². The third-order valence-electron chi connectivity index (χ3n) is 3.59.